The molecule has 3 rings (SSSR count). The van der Waals surface area contributed by atoms with Crippen molar-refractivity contribution in [3.8, 4) is 11.3 Å². The van der Waals surface area contributed by atoms with Gasteiger partial charge in [-0.05, 0) is 37.6 Å². The normalized spacial score (nSPS) is 16.7. The van der Waals surface area contributed by atoms with E-state index in [9.17, 15) is 0 Å². The van der Waals surface area contributed by atoms with Gasteiger partial charge < -0.3 is 9.15 Å². The molecule has 2 aromatic rings. The zero-order valence-corrected chi connectivity index (χ0v) is 11.9. The van der Waals surface area contributed by atoms with Crippen molar-refractivity contribution in [1.29, 1.82) is 0 Å². The Kier molecular flexibility index (Phi) is 4.19. The van der Waals surface area contributed by atoms with E-state index in [0.717, 1.165) is 43.9 Å². The highest BCUT2D eigenvalue weighted by Gasteiger charge is 2.18. The van der Waals surface area contributed by atoms with Crippen LogP contribution in [-0.4, -0.2) is 31.2 Å². The van der Waals surface area contributed by atoms with Gasteiger partial charge >= 0.3 is 0 Å². The van der Waals surface area contributed by atoms with E-state index in [2.05, 4.69) is 36.2 Å². The van der Waals surface area contributed by atoms with Crippen LogP contribution in [0.15, 0.2) is 47.1 Å². The number of hydrogen-bond donors (Lipinski definition) is 0. The Morgan fingerprint density at radius 1 is 1.10 bits per heavy atom. The second-order valence-corrected chi connectivity index (χ2v) is 5.43. The van der Waals surface area contributed by atoms with Gasteiger partial charge in [0.05, 0.1) is 6.26 Å². The van der Waals surface area contributed by atoms with Crippen molar-refractivity contribution in [3.63, 3.8) is 0 Å². The molecule has 2 heterocycles. The van der Waals surface area contributed by atoms with Gasteiger partial charge in [0.1, 0.15) is 5.76 Å². The summed E-state index contributed by atoms with van der Waals surface area (Å²) in [6.07, 6.45) is 3.99. The zero-order chi connectivity index (χ0) is 13.8. The number of ether oxygens (including phenoxy) is 1. The molecule has 0 saturated carbocycles. The van der Waals surface area contributed by atoms with Crippen LogP contribution in [0.5, 0.6) is 0 Å². The van der Waals surface area contributed by atoms with E-state index in [1.807, 2.05) is 12.1 Å². The summed E-state index contributed by atoms with van der Waals surface area (Å²) >= 11 is 0. The highest BCUT2D eigenvalue weighted by molar-refractivity contribution is 5.57. The predicted molar refractivity (Wildman–Crippen MR) is 79.5 cm³/mol. The number of furan rings is 1. The topological polar surface area (TPSA) is 25.6 Å². The molecule has 0 N–H and O–H groups in total. The lowest BCUT2D eigenvalue weighted by atomic mass is 10.1. The Labute approximate surface area is 120 Å². The first-order valence-electron chi connectivity index (χ1n) is 7.24. The molecule has 1 saturated heterocycles. The minimum atomic E-state index is 0.647. The molecule has 1 aliphatic heterocycles. The molecule has 0 bridgehead atoms. The molecule has 0 radical (unpaired) electrons. The second kappa shape index (κ2) is 6.25. The third-order valence-corrected chi connectivity index (χ3v) is 4.01. The quantitative estimate of drug-likeness (QED) is 0.850. The molecule has 3 heteroatoms. The smallest absolute Gasteiger partial charge is 0.133 e. The van der Waals surface area contributed by atoms with Gasteiger partial charge in [0.15, 0.2) is 0 Å². The lowest BCUT2D eigenvalue weighted by Crippen LogP contribution is -2.36. The van der Waals surface area contributed by atoms with Crippen molar-refractivity contribution in [1.82, 2.24) is 4.90 Å². The van der Waals surface area contributed by atoms with Crippen LogP contribution in [0.1, 0.15) is 18.4 Å². The van der Waals surface area contributed by atoms with Gasteiger partial charge in [-0.1, -0.05) is 24.3 Å². The molecule has 1 aromatic heterocycles. The van der Waals surface area contributed by atoms with Crippen molar-refractivity contribution >= 4 is 0 Å². The summed E-state index contributed by atoms with van der Waals surface area (Å²) in [6, 6.07) is 13.2. The Morgan fingerprint density at radius 2 is 1.85 bits per heavy atom. The zero-order valence-electron chi connectivity index (χ0n) is 11.9. The van der Waals surface area contributed by atoms with Crippen molar-refractivity contribution in [3.05, 3.63) is 48.2 Å². The summed E-state index contributed by atoms with van der Waals surface area (Å²) in [4.78, 5) is 2.43. The minimum absolute atomic E-state index is 0.647. The average molecular weight is 271 g/mol. The van der Waals surface area contributed by atoms with Crippen LogP contribution in [0.2, 0.25) is 0 Å². The molecule has 1 fully saturated rings. The average Bonchev–Trinajstić information content (AvgIpc) is 3.03. The highest BCUT2D eigenvalue weighted by Crippen LogP contribution is 2.21. The number of rotatable bonds is 4. The summed E-state index contributed by atoms with van der Waals surface area (Å²) in [5.41, 5.74) is 2.47. The maximum Gasteiger partial charge on any atom is 0.133 e. The lowest BCUT2D eigenvalue weighted by molar-refractivity contribution is 0.0407. The fourth-order valence-electron chi connectivity index (χ4n) is 2.76. The minimum Gasteiger partial charge on any atom is -0.464 e. The SMILES string of the molecule is CN(Cc1ccc(-c2ccco2)cc1)C1CCOCC1. The number of nitrogens with zero attached hydrogens (tertiary/aromatic N) is 1. The molecule has 0 spiro atoms. The van der Waals surface area contributed by atoms with E-state index < -0.39 is 0 Å². The van der Waals surface area contributed by atoms with Crippen LogP contribution < -0.4 is 0 Å². The van der Waals surface area contributed by atoms with E-state index in [0.29, 0.717) is 6.04 Å². The van der Waals surface area contributed by atoms with Crippen LogP contribution in [0.4, 0.5) is 0 Å². The van der Waals surface area contributed by atoms with Crippen LogP contribution >= 0.6 is 0 Å². The third-order valence-electron chi connectivity index (χ3n) is 4.01. The molecular formula is C17H21NO2. The molecule has 20 heavy (non-hydrogen) atoms. The Bertz CT molecular complexity index is 512. The van der Waals surface area contributed by atoms with Gasteiger partial charge in [-0.3, -0.25) is 4.90 Å². The van der Waals surface area contributed by atoms with Gasteiger partial charge in [-0.2, -0.15) is 0 Å². The van der Waals surface area contributed by atoms with Gasteiger partial charge in [0.2, 0.25) is 0 Å². The highest BCUT2D eigenvalue weighted by atomic mass is 16.5. The fourth-order valence-corrected chi connectivity index (χ4v) is 2.76. The van der Waals surface area contributed by atoms with Gasteiger partial charge in [0.25, 0.3) is 0 Å². The van der Waals surface area contributed by atoms with Crippen LogP contribution in [0.3, 0.4) is 0 Å². The van der Waals surface area contributed by atoms with Crippen LogP contribution in [-0.2, 0) is 11.3 Å². The summed E-state index contributed by atoms with van der Waals surface area (Å²) < 4.78 is 10.8. The summed E-state index contributed by atoms with van der Waals surface area (Å²) in [7, 11) is 2.20. The predicted octanol–water partition coefficient (Wildman–Crippen LogP) is 3.56. The van der Waals surface area contributed by atoms with E-state index in [1.54, 1.807) is 6.26 Å². The van der Waals surface area contributed by atoms with E-state index in [4.69, 9.17) is 9.15 Å². The first kappa shape index (κ1) is 13.4. The molecule has 1 aliphatic rings. The maximum absolute atomic E-state index is 5.42. The van der Waals surface area contributed by atoms with Crippen LogP contribution in [0.25, 0.3) is 11.3 Å². The molecule has 0 aliphatic carbocycles. The molecule has 0 amide bonds. The van der Waals surface area contributed by atoms with Crippen LogP contribution in [0, 0.1) is 0 Å². The monoisotopic (exact) mass is 271 g/mol. The van der Waals surface area contributed by atoms with E-state index in [-0.39, 0.29) is 0 Å². The van der Waals surface area contributed by atoms with Crippen molar-refractivity contribution in [2.24, 2.45) is 0 Å². The standard InChI is InChI=1S/C17H21NO2/c1-18(16-8-11-19-12-9-16)13-14-4-6-15(7-5-14)17-3-2-10-20-17/h2-7,10,16H,8-9,11-13H2,1H3. The van der Waals surface area contributed by atoms with E-state index >= 15 is 0 Å². The second-order valence-electron chi connectivity index (χ2n) is 5.43. The number of benzene rings is 1. The lowest BCUT2D eigenvalue weighted by Gasteiger charge is -2.31. The van der Waals surface area contributed by atoms with Crippen molar-refractivity contribution in [2.45, 2.75) is 25.4 Å². The van der Waals surface area contributed by atoms with Crippen molar-refractivity contribution < 1.29 is 9.15 Å². The first-order valence-corrected chi connectivity index (χ1v) is 7.24. The molecule has 1 aromatic carbocycles. The summed E-state index contributed by atoms with van der Waals surface area (Å²) in [5.74, 6) is 0.925. The van der Waals surface area contributed by atoms with Gasteiger partial charge in [-0.15, -0.1) is 0 Å². The summed E-state index contributed by atoms with van der Waals surface area (Å²) in [6.45, 7) is 2.78. The fraction of sp³-hybridized carbons (Fsp3) is 0.412. The van der Waals surface area contributed by atoms with Gasteiger partial charge in [0, 0.05) is 31.4 Å². The third kappa shape index (κ3) is 3.11. The van der Waals surface area contributed by atoms with Gasteiger partial charge in [-0.25, -0.2) is 0 Å². The number of hydrogen-bond acceptors (Lipinski definition) is 3. The maximum atomic E-state index is 5.42. The summed E-state index contributed by atoms with van der Waals surface area (Å²) in [5, 5.41) is 0. The Morgan fingerprint density at radius 3 is 2.50 bits per heavy atom. The molecule has 3 nitrogen and oxygen atoms in total. The first-order chi connectivity index (χ1) is 9.83. The largest absolute Gasteiger partial charge is 0.464 e. The Balaban J connectivity index is 1.63. The Hall–Kier alpha value is -1.58. The molecular weight excluding hydrogens is 250 g/mol. The van der Waals surface area contributed by atoms with E-state index in [1.165, 1.54) is 5.56 Å². The molecule has 106 valence electrons. The molecule has 0 atom stereocenters. The molecule has 0 unspecified atom stereocenters. The van der Waals surface area contributed by atoms with Crippen molar-refractivity contribution in [2.75, 3.05) is 20.3 Å².